The Bertz CT molecular complexity index is 1400. The fourth-order valence-corrected chi connectivity index (χ4v) is 3.87. The average Bonchev–Trinajstić information content (AvgIpc) is 3.25. The molecule has 4 aromatic rings. The van der Waals surface area contributed by atoms with Crippen LogP contribution < -0.4 is 10.1 Å². The van der Waals surface area contributed by atoms with Crippen molar-refractivity contribution in [3.8, 4) is 17.6 Å². The number of para-hydroxylation sites is 1. The Morgan fingerprint density at radius 3 is 2.74 bits per heavy atom. The van der Waals surface area contributed by atoms with Gasteiger partial charge in [0.2, 0.25) is 0 Å². The van der Waals surface area contributed by atoms with E-state index in [1.807, 2.05) is 69.4 Å². The Hall–Kier alpha value is -4.08. The largest absolute Gasteiger partial charge is 0.490 e. The predicted molar refractivity (Wildman–Crippen MR) is 138 cm³/mol. The molecule has 2 heterocycles. The SMILES string of the molecule is Cc1ccnc(C#Cc2ccc(OC(C)C)c(C(=O)N[C@@H](CO)Cc3c[nH]c4ccccc34)c2)c1. The van der Waals surface area contributed by atoms with Crippen molar-refractivity contribution in [3.63, 3.8) is 0 Å². The maximum atomic E-state index is 13.3. The van der Waals surface area contributed by atoms with Crippen molar-refractivity contribution >= 4 is 16.8 Å². The summed E-state index contributed by atoms with van der Waals surface area (Å²) < 4.78 is 5.89. The molecule has 35 heavy (non-hydrogen) atoms. The first-order valence-electron chi connectivity index (χ1n) is 11.6. The summed E-state index contributed by atoms with van der Waals surface area (Å²) in [4.78, 5) is 20.8. The van der Waals surface area contributed by atoms with Crippen LogP contribution in [-0.2, 0) is 6.42 Å². The number of benzene rings is 2. The Labute approximate surface area is 205 Å². The molecule has 0 aliphatic rings. The number of H-pyrrole nitrogens is 1. The molecule has 0 saturated heterocycles. The number of nitrogens with zero attached hydrogens (tertiary/aromatic N) is 1. The number of nitrogens with one attached hydrogen (secondary N) is 2. The van der Waals surface area contributed by atoms with Gasteiger partial charge in [0.25, 0.3) is 5.91 Å². The molecule has 0 fully saturated rings. The standard InChI is InChI=1S/C29H29N3O3/c1-19(2)35-28-11-9-21(8-10-23-14-20(3)12-13-30-23)15-26(28)29(34)32-24(18-33)16-22-17-31-27-7-5-4-6-25(22)27/h4-7,9,11-15,17,19,24,31,33H,16,18H2,1-3H3,(H,32,34)/t24-/m1/s1. The van der Waals surface area contributed by atoms with E-state index in [1.165, 1.54) is 0 Å². The van der Waals surface area contributed by atoms with Gasteiger partial charge in [-0.3, -0.25) is 4.79 Å². The van der Waals surface area contributed by atoms with Crippen LogP contribution in [0.15, 0.2) is 67.0 Å². The summed E-state index contributed by atoms with van der Waals surface area (Å²) in [6.45, 7) is 5.62. The molecule has 0 bridgehead atoms. The van der Waals surface area contributed by atoms with E-state index in [0.717, 1.165) is 22.0 Å². The molecule has 2 aromatic heterocycles. The highest BCUT2D eigenvalue weighted by molar-refractivity contribution is 5.97. The number of rotatable bonds is 7. The Kier molecular flexibility index (Phi) is 7.49. The second kappa shape index (κ2) is 10.9. The van der Waals surface area contributed by atoms with Crippen molar-refractivity contribution < 1.29 is 14.6 Å². The van der Waals surface area contributed by atoms with Crippen molar-refractivity contribution in [1.82, 2.24) is 15.3 Å². The highest BCUT2D eigenvalue weighted by Crippen LogP contribution is 2.23. The molecular formula is C29H29N3O3. The third kappa shape index (κ3) is 6.08. The third-order valence-electron chi connectivity index (χ3n) is 5.53. The summed E-state index contributed by atoms with van der Waals surface area (Å²) in [6.07, 6.45) is 4.03. The second-order valence-corrected chi connectivity index (χ2v) is 8.76. The van der Waals surface area contributed by atoms with Gasteiger partial charge in [0.15, 0.2) is 0 Å². The molecule has 3 N–H and O–H groups in total. The van der Waals surface area contributed by atoms with Gasteiger partial charge in [0, 0.05) is 28.9 Å². The van der Waals surface area contributed by atoms with Crippen molar-refractivity contribution in [3.05, 3.63) is 94.9 Å². The number of carbonyl (C=O) groups excluding carboxylic acids is 1. The van der Waals surface area contributed by atoms with Crippen molar-refractivity contribution in [1.29, 1.82) is 0 Å². The van der Waals surface area contributed by atoms with Gasteiger partial charge in [-0.15, -0.1) is 0 Å². The molecule has 1 amide bonds. The highest BCUT2D eigenvalue weighted by atomic mass is 16.5. The molecule has 0 unspecified atom stereocenters. The number of fused-ring (bicyclic) bond motifs is 1. The smallest absolute Gasteiger partial charge is 0.255 e. The number of aliphatic hydroxyl groups excluding tert-OH is 1. The van der Waals surface area contributed by atoms with Gasteiger partial charge in [-0.1, -0.05) is 24.1 Å². The highest BCUT2D eigenvalue weighted by Gasteiger charge is 2.19. The van der Waals surface area contributed by atoms with Crippen LogP contribution in [0.1, 0.15) is 46.6 Å². The van der Waals surface area contributed by atoms with E-state index in [1.54, 1.807) is 18.3 Å². The first kappa shape index (κ1) is 24.1. The number of ether oxygens (including phenoxy) is 1. The summed E-state index contributed by atoms with van der Waals surface area (Å²) >= 11 is 0. The maximum Gasteiger partial charge on any atom is 0.255 e. The minimum absolute atomic E-state index is 0.102. The summed E-state index contributed by atoms with van der Waals surface area (Å²) in [7, 11) is 0. The van der Waals surface area contributed by atoms with Crippen LogP contribution in [0, 0.1) is 18.8 Å². The van der Waals surface area contributed by atoms with Gasteiger partial charge in [-0.05, 0) is 80.6 Å². The van der Waals surface area contributed by atoms with Crippen LogP contribution in [0.25, 0.3) is 10.9 Å². The van der Waals surface area contributed by atoms with Crippen LogP contribution in [0.4, 0.5) is 0 Å². The molecule has 0 aliphatic carbocycles. The number of amides is 1. The van der Waals surface area contributed by atoms with E-state index in [0.29, 0.717) is 29.0 Å². The van der Waals surface area contributed by atoms with Gasteiger partial charge >= 0.3 is 0 Å². The van der Waals surface area contributed by atoms with Crippen molar-refractivity contribution in [2.75, 3.05) is 6.61 Å². The molecule has 0 aliphatic heterocycles. The fourth-order valence-electron chi connectivity index (χ4n) is 3.87. The van der Waals surface area contributed by atoms with E-state index >= 15 is 0 Å². The summed E-state index contributed by atoms with van der Waals surface area (Å²) in [6, 6.07) is 16.6. The van der Waals surface area contributed by atoms with E-state index in [9.17, 15) is 9.90 Å². The number of carbonyl (C=O) groups is 1. The number of aromatic amines is 1. The molecule has 178 valence electrons. The molecule has 2 aromatic carbocycles. The first-order valence-corrected chi connectivity index (χ1v) is 11.6. The molecule has 1 atom stereocenters. The minimum atomic E-state index is -0.458. The first-order chi connectivity index (χ1) is 16.9. The molecule has 4 rings (SSSR count). The zero-order chi connectivity index (χ0) is 24.8. The zero-order valence-corrected chi connectivity index (χ0v) is 20.1. The summed E-state index contributed by atoms with van der Waals surface area (Å²) in [5, 5.41) is 14.0. The van der Waals surface area contributed by atoms with E-state index < -0.39 is 6.04 Å². The van der Waals surface area contributed by atoms with Crippen LogP contribution in [0.2, 0.25) is 0 Å². The van der Waals surface area contributed by atoms with Gasteiger partial charge in [-0.25, -0.2) is 4.98 Å². The van der Waals surface area contributed by atoms with Crippen LogP contribution in [-0.4, -0.2) is 39.7 Å². The lowest BCUT2D eigenvalue weighted by Crippen LogP contribution is -2.39. The lowest BCUT2D eigenvalue weighted by molar-refractivity contribution is 0.0910. The normalized spacial score (nSPS) is 11.7. The van der Waals surface area contributed by atoms with Crippen LogP contribution in [0.3, 0.4) is 0 Å². The predicted octanol–water partition coefficient (Wildman–Crippen LogP) is 4.39. The average molecular weight is 468 g/mol. The van der Waals surface area contributed by atoms with Crippen molar-refractivity contribution in [2.45, 2.75) is 39.3 Å². The number of pyridine rings is 1. The van der Waals surface area contributed by atoms with Crippen molar-refractivity contribution in [2.24, 2.45) is 0 Å². The topological polar surface area (TPSA) is 87.2 Å². The third-order valence-corrected chi connectivity index (χ3v) is 5.53. The number of aromatic nitrogens is 2. The van der Waals surface area contributed by atoms with E-state index in [4.69, 9.17) is 4.74 Å². The molecular weight excluding hydrogens is 438 g/mol. The lowest BCUT2D eigenvalue weighted by Gasteiger charge is -2.19. The minimum Gasteiger partial charge on any atom is -0.490 e. The Balaban J connectivity index is 1.58. The molecule has 0 spiro atoms. The summed E-state index contributed by atoms with van der Waals surface area (Å²) in [5.41, 5.74) is 4.84. The molecule has 0 saturated carbocycles. The Morgan fingerprint density at radius 2 is 1.97 bits per heavy atom. The second-order valence-electron chi connectivity index (χ2n) is 8.76. The number of hydrogen-bond acceptors (Lipinski definition) is 4. The number of hydrogen-bond donors (Lipinski definition) is 3. The molecule has 6 heteroatoms. The van der Waals surface area contributed by atoms with Crippen LogP contribution >= 0.6 is 0 Å². The Morgan fingerprint density at radius 1 is 1.14 bits per heavy atom. The molecule has 6 nitrogen and oxygen atoms in total. The lowest BCUT2D eigenvalue weighted by atomic mass is 10.0. The zero-order valence-electron chi connectivity index (χ0n) is 20.1. The maximum absolute atomic E-state index is 13.3. The van der Waals surface area contributed by atoms with Gasteiger partial charge in [-0.2, -0.15) is 0 Å². The molecule has 0 radical (unpaired) electrons. The summed E-state index contributed by atoms with van der Waals surface area (Å²) in [5.74, 6) is 6.29. The monoisotopic (exact) mass is 467 g/mol. The fraction of sp³-hybridized carbons (Fsp3) is 0.241. The quantitative estimate of drug-likeness (QED) is 0.352. The van der Waals surface area contributed by atoms with Gasteiger partial charge < -0.3 is 20.1 Å². The van der Waals surface area contributed by atoms with Crippen LogP contribution in [0.5, 0.6) is 5.75 Å². The number of aryl methyl sites for hydroxylation is 1. The number of aliphatic hydroxyl groups is 1. The van der Waals surface area contributed by atoms with E-state index in [2.05, 4.69) is 27.1 Å². The van der Waals surface area contributed by atoms with Gasteiger partial charge in [0.1, 0.15) is 11.4 Å². The van der Waals surface area contributed by atoms with E-state index in [-0.39, 0.29) is 18.6 Å². The van der Waals surface area contributed by atoms with Gasteiger partial charge in [0.05, 0.1) is 24.3 Å².